The maximum absolute atomic E-state index is 13.2. The number of nitrogens with one attached hydrogen (secondary N) is 1. The predicted molar refractivity (Wildman–Crippen MR) is 93.1 cm³/mol. The van der Waals surface area contributed by atoms with Gasteiger partial charge in [0.15, 0.2) is 0 Å². The summed E-state index contributed by atoms with van der Waals surface area (Å²) in [6.07, 6.45) is 1.77. The van der Waals surface area contributed by atoms with Gasteiger partial charge in [-0.3, -0.25) is 4.79 Å². The third-order valence-corrected chi connectivity index (χ3v) is 4.54. The quantitative estimate of drug-likeness (QED) is 0.865. The molecule has 3 rings (SSSR count). The lowest BCUT2D eigenvalue weighted by molar-refractivity contribution is 0.0718. The van der Waals surface area contributed by atoms with E-state index in [0.717, 1.165) is 23.0 Å². The standard InChI is InChI=1S/C18H18BrFN2O/c19-14-4-2-6-17(12-14)21-16-7-9-22(10-8-16)18(23)13-3-1-5-15(20)11-13/h1-6,11-12,16,21H,7-10H2. The number of nitrogens with zero attached hydrogens (tertiary/aromatic N) is 1. The first-order valence-electron chi connectivity index (χ1n) is 7.69. The van der Waals surface area contributed by atoms with Crippen LogP contribution in [0.4, 0.5) is 10.1 Å². The van der Waals surface area contributed by atoms with Crippen LogP contribution in [0.25, 0.3) is 0 Å². The van der Waals surface area contributed by atoms with Crippen molar-refractivity contribution in [1.29, 1.82) is 0 Å². The maximum atomic E-state index is 13.2. The molecular formula is C18H18BrFN2O. The number of anilines is 1. The summed E-state index contributed by atoms with van der Waals surface area (Å²) in [4.78, 5) is 14.2. The van der Waals surface area contributed by atoms with E-state index >= 15 is 0 Å². The van der Waals surface area contributed by atoms with Crippen molar-refractivity contribution in [2.24, 2.45) is 0 Å². The van der Waals surface area contributed by atoms with Crippen LogP contribution in [0.15, 0.2) is 53.0 Å². The van der Waals surface area contributed by atoms with Gasteiger partial charge in [0.05, 0.1) is 0 Å². The summed E-state index contributed by atoms with van der Waals surface area (Å²) in [6, 6.07) is 14.3. The molecule has 5 heteroatoms. The van der Waals surface area contributed by atoms with Crippen LogP contribution in [-0.2, 0) is 0 Å². The van der Waals surface area contributed by atoms with E-state index in [1.54, 1.807) is 17.0 Å². The molecule has 1 aliphatic rings. The van der Waals surface area contributed by atoms with Crippen LogP contribution in [0.3, 0.4) is 0 Å². The Kier molecular flexibility index (Phi) is 4.96. The normalized spacial score (nSPS) is 15.5. The third-order valence-electron chi connectivity index (χ3n) is 4.05. The summed E-state index contributed by atoms with van der Waals surface area (Å²) in [5.74, 6) is -0.465. The molecule has 2 aromatic rings. The fraction of sp³-hybridized carbons (Fsp3) is 0.278. The van der Waals surface area contributed by atoms with Gasteiger partial charge in [-0.15, -0.1) is 0 Å². The molecule has 0 aliphatic carbocycles. The number of carbonyl (C=O) groups is 1. The minimum absolute atomic E-state index is 0.0922. The van der Waals surface area contributed by atoms with Crippen molar-refractivity contribution in [1.82, 2.24) is 4.90 Å². The molecule has 0 radical (unpaired) electrons. The van der Waals surface area contributed by atoms with Crippen LogP contribution in [0.5, 0.6) is 0 Å². The number of hydrogen-bond donors (Lipinski definition) is 1. The highest BCUT2D eigenvalue weighted by molar-refractivity contribution is 9.10. The van der Waals surface area contributed by atoms with Crippen molar-refractivity contribution in [2.45, 2.75) is 18.9 Å². The van der Waals surface area contributed by atoms with Crippen molar-refractivity contribution >= 4 is 27.5 Å². The molecule has 120 valence electrons. The molecule has 1 N–H and O–H groups in total. The second kappa shape index (κ2) is 7.13. The highest BCUT2D eigenvalue weighted by Crippen LogP contribution is 2.21. The van der Waals surface area contributed by atoms with Crippen molar-refractivity contribution in [3.05, 3.63) is 64.4 Å². The molecule has 1 heterocycles. The minimum atomic E-state index is -0.373. The molecule has 0 aromatic heterocycles. The first-order chi connectivity index (χ1) is 11.1. The third kappa shape index (κ3) is 4.10. The fourth-order valence-corrected chi connectivity index (χ4v) is 3.24. The largest absolute Gasteiger partial charge is 0.382 e. The average molecular weight is 377 g/mol. The van der Waals surface area contributed by atoms with Gasteiger partial charge in [0.1, 0.15) is 5.82 Å². The van der Waals surface area contributed by atoms with Gasteiger partial charge < -0.3 is 10.2 Å². The van der Waals surface area contributed by atoms with Gasteiger partial charge in [-0.25, -0.2) is 4.39 Å². The lowest BCUT2D eigenvalue weighted by Crippen LogP contribution is -2.42. The monoisotopic (exact) mass is 376 g/mol. The van der Waals surface area contributed by atoms with Crippen molar-refractivity contribution < 1.29 is 9.18 Å². The number of piperidine rings is 1. The zero-order valence-electron chi connectivity index (χ0n) is 12.6. The Bertz CT molecular complexity index is 699. The Hall–Kier alpha value is -1.88. The lowest BCUT2D eigenvalue weighted by Gasteiger charge is -2.33. The van der Waals surface area contributed by atoms with Crippen molar-refractivity contribution in [3.63, 3.8) is 0 Å². The second-order valence-corrected chi connectivity index (χ2v) is 6.65. The molecule has 0 bridgehead atoms. The van der Waals surface area contributed by atoms with Gasteiger partial charge in [-0.1, -0.05) is 28.1 Å². The Balaban J connectivity index is 1.57. The highest BCUT2D eigenvalue weighted by atomic mass is 79.9. The zero-order chi connectivity index (χ0) is 16.2. The van der Waals surface area contributed by atoms with Crippen LogP contribution in [0.1, 0.15) is 23.2 Å². The summed E-state index contributed by atoms with van der Waals surface area (Å²) < 4.78 is 14.3. The first kappa shape index (κ1) is 16.0. The molecular weight excluding hydrogens is 359 g/mol. The van der Waals surface area contributed by atoms with Gasteiger partial charge in [-0.05, 0) is 49.2 Å². The smallest absolute Gasteiger partial charge is 0.253 e. The SMILES string of the molecule is O=C(c1cccc(F)c1)N1CCC(Nc2cccc(Br)c2)CC1. The van der Waals surface area contributed by atoms with Gasteiger partial charge in [-0.2, -0.15) is 0 Å². The Morgan fingerprint density at radius 3 is 2.57 bits per heavy atom. The summed E-state index contributed by atoms with van der Waals surface area (Å²) >= 11 is 3.46. The molecule has 1 aliphatic heterocycles. The van der Waals surface area contributed by atoms with Crippen LogP contribution in [0, 0.1) is 5.82 Å². The molecule has 1 fully saturated rings. The Labute approximate surface area is 143 Å². The highest BCUT2D eigenvalue weighted by Gasteiger charge is 2.23. The van der Waals surface area contributed by atoms with E-state index in [9.17, 15) is 9.18 Å². The number of benzene rings is 2. The minimum Gasteiger partial charge on any atom is -0.382 e. The van der Waals surface area contributed by atoms with E-state index in [0.29, 0.717) is 24.7 Å². The summed E-state index contributed by atoms with van der Waals surface area (Å²) in [5, 5.41) is 3.50. The van der Waals surface area contributed by atoms with Crippen LogP contribution >= 0.6 is 15.9 Å². The Morgan fingerprint density at radius 2 is 1.87 bits per heavy atom. The number of carbonyl (C=O) groups excluding carboxylic acids is 1. The van der Waals surface area contributed by atoms with Crippen LogP contribution in [0.2, 0.25) is 0 Å². The number of hydrogen-bond acceptors (Lipinski definition) is 2. The maximum Gasteiger partial charge on any atom is 0.253 e. The molecule has 0 atom stereocenters. The number of likely N-dealkylation sites (tertiary alicyclic amines) is 1. The summed E-state index contributed by atoms with van der Waals surface area (Å²) in [7, 11) is 0. The van der Waals surface area contributed by atoms with Gasteiger partial charge in [0.25, 0.3) is 5.91 Å². The average Bonchev–Trinajstić information content (AvgIpc) is 2.55. The van der Waals surface area contributed by atoms with Crippen LogP contribution < -0.4 is 5.32 Å². The molecule has 23 heavy (non-hydrogen) atoms. The molecule has 0 spiro atoms. The number of amides is 1. The van der Waals surface area contributed by atoms with E-state index in [4.69, 9.17) is 0 Å². The molecule has 1 saturated heterocycles. The van der Waals surface area contributed by atoms with Gasteiger partial charge in [0.2, 0.25) is 0 Å². The lowest BCUT2D eigenvalue weighted by atomic mass is 10.0. The zero-order valence-corrected chi connectivity index (χ0v) is 14.2. The summed E-state index contributed by atoms with van der Waals surface area (Å²) in [6.45, 7) is 1.36. The molecule has 2 aromatic carbocycles. The Morgan fingerprint density at radius 1 is 1.13 bits per heavy atom. The number of halogens is 2. The van der Waals surface area contributed by atoms with Crippen molar-refractivity contribution in [3.8, 4) is 0 Å². The van der Waals surface area contributed by atoms with E-state index in [2.05, 4.69) is 21.2 Å². The topological polar surface area (TPSA) is 32.3 Å². The fourth-order valence-electron chi connectivity index (χ4n) is 2.84. The van der Waals surface area contributed by atoms with E-state index in [-0.39, 0.29) is 11.7 Å². The molecule has 1 amide bonds. The molecule has 0 saturated carbocycles. The van der Waals surface area contributed by atoms with E-state index < -0.39 is 0 Å². The molecule has 3 nitrogen and oxygen atoms in total. The summed E-state index contributed by atoms with van der Waals surface area (Å²) in [5.41, 5.74) is 1.50. The second-order valence-electron chi connectivity index (χ2n) is 5.73. The first-order valence-corrected chi connectivity index (χ1v) is 8.48. The number of rotatable bonds is 3. The van der Waals surface area contributed by atoms with E-state index in [1.165, 1.54) is 12.1 Å². The van der Waals surface area contributed by atoms with E-state index in [1.807, 2.05) is 24.3 Å². The van der Waals surface area contributed by atoms with Crippen LogP contribution in [-0.4, -0.2) is 29.9 Å². The molecule has 0 unspecified atom stereocenters. The van der Waals surface area contributed by atoms with Gasteiger partial charge in [0, 0.05) is 34.9 Å². The predicted octanol–water partition coefficient (Wildman–Crippen LogP) is 4.30. The van der Waals surface area contributed by atoms with Gasteiger partial charge >= 0.3 is 0 Å². The van der Waals surface area contributed by atoms with Crippen molar-refractivity contribution in [2.75, 3.05) is 18.4 Å².